The maximum Gasteiger partial charge on any atom is 0.216 e. The van der Waals surface area contributed by atoms with E-state index in [1.807, 2.05) is 24.4 Å². The summed E-state index contributed by atoms with van der Waals surface area (Å²) >= 11 is 0. The van der Waals surface area contributed by atoms with E-state index in [0.29, 0.717) is 0 Å². The predicted octanol–water partition coefficient (Wildman–Crippen LogP) is 8.07. The second kappa shape index (κ2) is 9.63. The number of furan rings is 2. The molecule has 8 rings (SSSR count). The molecule has 0 amide bonds. The number of fused-ring (bicyclic) bond motifs is 6. The van der Waals surface area contributed by atoms with Crippen LogP contribution in [-0.2, 0) is 20.5 Å². The fraction of sp³-hybridized carbons (Fsp3) is 0.132. The topological polar surface area (TPSA) is 46.9 Å². The van der Waals surface area contributed by atoms with E-state index in [0.717, 1.165) is 72.8 Å². The van der Waals surface area contributed by atoms with Gasteiger partial charge in [0.2, 0.25) is 11.4 Å². The van der Waals surface area contributed by atoms with Crippen LogP contribution in [-0.4, -0.2) is 4.98 Å². The first kappa shape index (κ1) is 25.4. The molecule has 0 saturated carbocycles. The molecule has 5 heterocycles. The molecular formula is C38H31N3O2+2. The first-order chi connectivity index (χ1) is 21.0. The summed E-state index contributed by atoms with van der Waals surface area (Å²) < 4.78 is 17.1. The van der Waals surface area contributed by atoms with Gasteiger partial charge in [-0.15, -0.1) is 0 Å². The zero-order valence-electron chi connectivity index (χ0n) is 24.7. The molecule has 0 aliphatic rings. The lowest BCUT2D eigenvalue weighted by Crippen LogP contribution is -2.32. The van der Waals surface area contributed by atoms with E-state index in [-0.39, 0.29) is 0 Å². The standard InChI is InChI=1S/C38H31N3O2/c1-23-9-13-29-27-7-5-6-8-33(27)42-37(29)35(23)31-15-11-25(21-40(31)3)19-26-12-16-32(41(4)22-26)36-24(2)10-14-30-28-17-18-39-20-34(28)43-38(30)36/h5-18,20-22H,19H2,1-4H3/q+2. The highest BCUT2D eigenvalue weighted by atomic mass is 16.3. The van der Waals surface area contributed by atoms with Crippen LogP contribution >= 0.6 is 0 Å². The minimum Gasteiger partial charge on any atom is -0.455 e. The molecule has 0 bridgehead atoms. The Hall–Kier alpha value is -5.29. The summed E-state index contributed by atoms with van der Waals surface area (Å²) in [4.78, 5) is 4.25. The Labute approximate surface area is 249 Å². The Bertz CT molecular complexity index is 2210. The second-order valence-electron chi connectivity index (χ2n) is 11.6. The van der Waals surface area contributed by atoms with Crippen LogP contribution in [0.3, 0.4) is 0 Å². The van der Waals surface area contributed by atoms with Gasteiger partial charge in [-0.2, -0.15) is 0 Å². The molecule has 0 N–H and O–H groups in total. The van der Waals surface area contributed by atoms with Crippen LogP contribution in [0.5, 0.6) is 0 Å². The molecule has 8 aromatic rings. The molecule has 0 atom stereocenters. The Morgan fingerprint density at radius 3 is 1.74 bits per heavy atom. The first-order valence-corrected chi connectivity index (χ1v) is 14.6. The number of rotatable bonds is 4. The smallest absolute Gasteiger partial charge is 0.216 e. The van der Waals surface area contributed by atoms with Crippen LogP contribution in [0.4, 0.5) is 0 Å². The summed E-state index contributed by atoms with van der Waals surface area (Å²) in [6.07, 6.45) is 8.90. The van der Waals surface area contributed by atoms with Crippen molar-refractivity contribution in [1.82, 2.24) is 4.98 Å². The molecular weight excluding hydrogens is 530 g/mol. The van der Waals surface area contributed by atoms with Gasteiger partial charge in [0.1, 0.15) is 30.8 Å². The highest BCUT2D eigenvalue weighted by Crippen LogP contribution is 2.38. The van der Waals surface area contributed by atoms with Crippen molar-refractivity contribution >= 4 is 43.9 Å². The molecule has 0 aliphatic carbocycles. The van der Waals surface area contributed by atoms with Crippen LogP contribution in [0.1, 0.15) is 22.3 Å². The van der Waals surface area contributed by atoms with Crippen LogP contribution in [0, 0.1) is 13.8 Å². The third kappa shape index (κ3) is 4.03. The van der Waals surface area contributed by atoms with Crippen molar-refractivity contribution in [2.24, 2.45) is 14.1 Å². The average Bonchev–Trinajstić information content (AvgIpc) is 3.57. The molecule has 3 aromatic carbocycles. The van der Waals surface area contributed by atoms with Crippen molar-refractivity contribution in [2.75, 3.05) is 0 Å². The predicted molar refractivity (Wildman–Crippen MR) is 171 cm³/mol. The quantitative estimate of drug-likeness (QED) is 0.204. The summed E-state index contributed by atoms with van der Waals surface area (Å²) in [6.45, 7) is 4.30. The lowest BCUT2D eigenvalue weighted by molar-refractivity contribution is -0.661. The number of hydrogen-bond donors (Lipinski definition) is 0. The summed E-state index contributed by atoms with van der Waals surface area (Å²) in [6, 6.07) is 27.9. The maximum absolute atomic E-state index is 6.39. The molecule has 0 fully saturated rings. The molecule has 43 heavy (non-hydrogen) atoms. The average molecular weight is 562 g/mol. The Kier molecular flexibility index (Phi) is 5.70. The molecule has 5 nitrogen and oxygen atoms in total. The molecule has 0 aliphatic heterocycles. The van der Waals surface area contributed by atoms with Gasteiger partial charge < -0.3 is 8.83 Å². The van der Waals surface area contributed by atoms with E-state index in [1.54, 1.807) is 6.20 Å². The number of hydrogen-bond acceptors (Lipinski definition) is 3. The zero-order valence-corrected chi connectivity index (χ0v) is 24.7. The van der Waals surface area contributed by atoms with Crippen molar-refractivity contribution in [1.29, 1.82) is 0 Å². The van der Waals surface area contributed by atoms with Gasteiger partial charge in [-0.05, 0) is 49.2 Å². The maximum atomic E-state index is 6.39. The van der Waals surface area contributed by atoms with E-state index in [4.69, 9.17) is 8.83 Å². The highest BCUT2D eigenvalue weighted by Gasteiger charge is 2.23. The molecule has 208 valence electrons. The van der Waals surface area contributed by atoms with E-state index >= 15 is 0 Å². The van der Waals surface area contributed by atoms with E-state index in [1.165, 1.54) is 22.3 Å². The van der Waals surface area contributed by atoms with Crippen molar-refractivity contribution in [3.8, 4) is 22.5 Å². The van der Waals surface area contributed by atoms with Crippen molar-refractivity contribution in [3.05, 3.63) is 126 Å². The summed E-state index contributed by atoms with van der Waals surface area (Å²) in [7, 11) is 4.23. The summed E-state index contributed by atoms with van der Waals surface area (Å²) in [5.74, 6) is 0. The number of para-hydroxylation sites is 1. The third-order valence-electron chi connectivity index (χ3n) is 8.72. The number of aryl methyl sites for hydroxylation is 4. The normalized spacial score (nSPS) is 11.8. The van der Waals surface area contributed by atoms with Crippen molar-refractivity contribution in [2.45, 2.75) is 20.3 Å². The number of benzene rings is 3. The summed E-state index contributed by atoms with van der Waals surface area (Å²) in [5.41, 5.74) is 13.0. The van der Waals surface area contributed by atoms with Gasteiger partial charge in [0, 0.05) is 57.4 Å². The highest BCUT2D eigenvalue weighted by molar-refractivity contribution is 6.10. The fourth-order valence-corrected chi connectivity index (χ4v) is 6.61. The molecule has 5 aromatic heterocycles. The SMILES string of the molecule is Cc1ccc2c(oc3ccccc32)c1-c1ccc(Cc2ccc(-c3c(C)ccc4c3oc3cnccc34)[n+](C)c2)c[n+]1C. The van der Waals surface area contributed by atoms with Crippen LogP contribution in [0.25, 0.3) is 66.4 Å². The molecule has 5 heteroatoms. The number of aromatic nitrogens is 3. The molecule has 0 spiro atoms. The van der Waals surface area contributed by atoms with Crippen molar-refractivity contribution < 1.29 is 18.0 Å². The number of nitrogens with zero attached hydrogens (tertiary/aromatic N) is 3. The monoisotopic (exact) mass is 561 g/mol. The first-order valence-electron chi connectivity index (χ1n) is 14.6. The zero-order chi connectivity index (χ0) is 29.2. The van der Waals surface area contributed by atoms with Gasteiger partial charge in [-0.3, -0.25) is 4.98 Å². The van der Waals surface area contributed by atoms with Gasteiger partial charge in [-0.1, -0.05) is 42.5 Å². The van der Waals surface area contributed by atoms with Gasteiger partial charge in [-0.25, -0.2) is 9.13 Å². The lowest BCUT2D eigenvalue weighted by Gasteiger charge is -2.08. The van der Waals surface area contributed by atoms with Gasteiger partial charge >= 0.3 is 0 Å². The van der Waals surface area contributed by atoms with Crippen LogP contribution in [0.2, 0.25) is 0 Å². The molecule has 0 saturated heterocycles. The second-order valence-corrected chi connectivity index (χ2v) is 11.6. The lowest BCUT2D eigenvalue weighted by atomic mass is 9.99. The number of pyridine rings is 3. The minimum atomic E-state index is 0.812. The van der Waals surface area contributed by atoms with Crippen LogP contribution in [0.15, 0.2) is 112 Å². The van der Waals surface area contributed by atoms with Crippen LogP contribution < -0.4 is 9.13 Å². The summed E-state index contributed by atoms with van der Waals surface area (Å²) in [5, 5.41) is 4.51. The van der Waals surface area contributed by atoms with Gasteiger partial charge in [0.25, 0.3) is 0 Å². The Morgan fingerprint density at radius 2 is 1.14 bits per heavy atom. The molecule has 0 radical (unpaired) electrons. The Morgan fingerprint density at radius 1 is 0.581 bits per heavy atom. The van der Waals surface area contributed by atoms with Crippen molar-refractivity contribution in [3.63, 3.8) is 0 Å². The van der Waals surface area contributed by atoms with E-state index in [9.17, 15) is 0 Å². The largest absolute Gasteiger partial charge is 0.455 e. The van der Waals surface area contributed by atoms with Gasteiger partial charge in [0.15, 0.2) is 18.0 Å². The van der Waals surface area contributed by atoms with E-state index < -0.39 is 0 Å². The Balaban J connectivity index is 1.14. The van der Waals surface area contributed by atoms with E-state index in [2.05, 4.69) is 115 Å². The molecule has 0 unspecified atom stereocenters. The fourth-order valence-electron chi connectivity index (χ4n) is 6.61. The minimum absolute atomic E-state index is 0.812. The third-order valence-corrected chi connectivity index (χ3v) is 8.72. The van der Waals surface area contributed by atoms with Gasteiger partial charge in [0.05, 0.1) is 17.3 Å².